The van der Waals surface area contributed by atoms with Crippen molar-refractivity contribution >= 4 is 0 Å². The van der Waals surface area contributed by atoms with Gasteiger partial charge in [-0.3, -0.25) is 4.98 Å². The monoisotopic (exact) mass is 254 g/mol. The number of aromatic nitrogens is 5. The highest BCUT2D eigenvalue weighted by Crippen LogP contribution is 2.18. The Morgan fingerprint density at radius 3 is 2.58 bits per heavy atom. The summed E-state index contributed by atoms with van der Waals surface area (Å²) >= 11 is 0. The molecule has 0 fully saturated rings. The van der Waals surface area contributed by atoms with Crippen LogP contribution in [0, 0.1) is 0 Å². The van der Waals surface area contributed by atoms with Crippen LogP contribution in [0.2, 0.25) is 0 Å². The van der Waals surface area contributed by atoms with E-state index in [1.165, 1.54) is 0 Å². The second kappa shape index (κ2) is 4.91. The second-order valence-electron chi connectivity index (χ2n) is 3.75. The first-order valence-electron chi connectivity index (χ1n) is 5.63. The van der Waals surface area contributed by atoms with Crippen LogP contribution in [0.4, 0.5) is 0 Å². The van der Waals surface area contributed by atoms with Crippen LogP contribution >= 0.6 is 0 Å². The van der Waals surface area contributed by atoms with E-state index in [1.54, 1.807) is 30.7 Å². The van der Waals surface area contributed by atoms with E-state index in [-0.39, 0.29) is 0 Å². The van der Waals surface area contributed by atoms with Crippen LogP contribution in [0.1, 0.15) is 5.56 Å². The van der Waals surface area contributed by atoms with E-state index in [2.05, 4.69) is 25.1 Å². The molecule has 19 heavy (non-hydrogen) atoms. The van der Waals surface area contributed by atoms with Crippen LogP contribution in [-0.2, 0) is 6.54 Å². The third-order valence-corrected chi connectivity index (χ3v) is 2.47. The molecule has 0 aliphatic rings. The third-order valence-electron chi connectivity index (χ3n) is 2.47. The zero-order valence-electron chi connectivity index (χ0n) is 9.89. The topological polar surface area (TPSA) is 104 Å². The van der Waals surface area contributed by atoms with Gasteiger partial charge in [-0.05, 0) is 17.7 Å². The highest BCUT2D eigenvalue weighted by molar-refractivity contribution is 5.51. The lowest BCUT2D eigenvalue weighted by Gasteiger charge is -1.96. The Morgan fingerprint density at radius 1 is 1.05 bits per heavy atom. The fourth-order valence-corrected chi connectivity index (χ4v) is 1.50. The van der Waals surface area contributed by atoms with E-state index in [0.717, 1.165) is 5.56 Å². The molecule has 2 N–H and O–H groups in total. The average Bonchev–Trinajstić information content (AvgIpc) is 2.98. The summed E-state index contributed by atoms with van der Waals surface area (Å²) in [5, 5.41) is 3.83. The first kappa shape index (κ1) is 11.4. The van der Waals surface area contributed by atoms with E-state index in [4.69, 9.17) is 10.3 Å². The first-order valence-corrected chi connectivity index (χ1v) is 5.63. The largest absolute Gasteiger partial charge is 0.332 e. The van der Waals surface area contributed by atoms with E-state index in [9.17, 15) is 0 Å². The van der Waals surface area contributed by atoms with Gasteiger partial charge < -0.3 is 10.3 Å². The molecule has 0 atom stereocenters. The summed E-state index contributed by atoms with van der Waals surface area (Å²) in [6.45, 7) is 0.445. The summed E-state index contributed by atoms with van der Waals surface area (Å²) in [6.07, 6.45) is 4.91. The fraction of sp³-hybridized carbons (Fsp3) is 0.0833. The van der Waals surface area contributed by atoms with Crippen molar-refractivity contribution in [1.29, 1.82) is 0 Å². The lowest BCUT2D eigenvalue weighted by Crippen LogP contribution is -1.96. The van der Waals surface area contributed by atoms with Gasteiger partial charge >= 0.3 is 0 Å². The minimum absolute atomic E-state index is 0.325. The lowest BCUT2D eigenvalue weighted by atomic mass is 10.2. The average molecular weight is 254 g/mol. The Kier molecular flexibility index (Phi) is 2.95. The molecule has 0 unspecified atom stereocenters. The van der Waals surface area contributed by atoms with Crippen LogP contribution in [0.15, 0.2) is 41.3 Å². The van der Waals surface area contributed by atoms with Gasteiger partial charge in [-0.2, -0.15) is 4.98 Å². The van der Waals surface area contributed by atoms with Gasteiger partial charge in [0.05, 0.1) is 0 Å². The van der Waals surface area contributed by atoms with E-state index in [0.29, 0.717) is 29.8 Å². The first-order chi connectivity index (χ1) is 9.36. The number of hydrogen-bond donors (Lipinski definition) is 1. The molecule has 0 saturated heterocycles. The van der Waals surface area contributed by atoms with Crippen molar-refractivity contribution < 1.29 is 4.52 Å². The molecule has 7 heteroatoms. The minimum atomic E-state index is 0.325. The standard InChI is InChI=1S/C12H10N6O/c13-6-8-2-3-9(16-7-8)12-17-11(18-19-12)10-14-4-1-5-15-10/h1-5,7H,6,13H2. The van der Waals surface area contributed by atoms with Gasteiger partial charge in [0.1, 0.15) is 5.69 Å². The normalized spacial score (nSPS) is 10.6. The molecule has 3 rings (SSSR count). The van der Waals surface area contributed by atoms with Gasteiger partial charge in [-0.1, -0.05) is 11.2 Å². The molecule has 0 saturated carbocycles. The Hall–Kier alpha value is -2.67. The zero-order valence-corrected chi connectivity index (χ0v) is 9.89. The summed E-state index contributed by atoms with van der Waals surface area (Å²) in [4.78, 5) is 16.5. The summed E-state index contributed by atoms with van der Waals surface area (Å²) in [7, 11) is 0. The van der Waals surface area contributed by atoms with Gasteiger partial charge in [0.15, 0.2) is 0 Å². The molecule has 0 aromatic carbocycles. The molecule has 3 aromatic heterocycles. The van der Waals surface area contributed by atoms with Gasteiger partial charge in [0.25, 0.3) is 5.89 Å². The van der Waals surface area contributed by atoms with Crippen LogP contribution in [0.3, 0.4) is 0 Å². The highest BCUT2D eigenvalue weighted by atomic mass is 16.5. The molecule has 7 nitrogen and oxygen atoms in total. The maximum Gasteiger partial charge on any atom is 0.276 e. The van der Waals surface area contributed by atoms with Crippen molar-refractivity contribution in [3.8, 4) is 23.2 Å². The molecule has 94 valence electrons. The SMILES string of the molecule is NCc1ccc(-c2nc(-c3ncccn3)no2)nc1. The molecule has 3 heterocycles. The molecule has 0 aliphatic heterocycles. The van der Waals surface area contributed by atoms with Gasteiger partial charge in [0.2, 0.25) is 11.6 Å². The molecule has 3 aromatic rings. The van der Waals surface area contributed by atoms with Gasteiger partial charge in [-0.25, -0.2) is 9.97 Å². The number of pyridine rings is 1. The second-order valence-corrected chi connectivity index (χ2v) is 3.75. The number of nitrogens with zero attached hydrogens (tertiary/aromatic N) is 5. The van der Waals surface area contributed by atoms with Crippen molar-refractivity contribution in [3.05, 3.63) is 42.4 Å². The zero-order chi connectivity index (χ0) is 13.1. The smallest absolute Gasteiger partial charge is 0.276 e. The number of nitrogens with two attached hydrogens (primary N) is 1. The van der Waals surface area contributed by atoms with Crippen LogP contribution < -0.4 is 5.73 Å². The maximum atomic E-state index is 5.51. The van der Waals surface area contributed by atoms with Crippen molar-refractivity contribution in [1.82, 2.24) is 25.1 Å². The number of hydrogen-bond acceptors (Lipinski definition) is 7. The molecule has 0 radical (unpaired) electrons. The molecular formula is C12H10N6O. The van der Waals surface area contributed by atoms with Gasteiger partial charge in [-0.15, -0.1) is 0 Å². The molecule has 0 aliphatic carbocycles. The van der Waals surface area contributed by atoms with Crippen molar-refractivity contribution in [2.75, 3.05) is 0 Å². The summed E-state index contributed by atoms with van der Waals surface area (Å²) < 4.78 is 5.14. The highest BCUT2D eigenvalue weighted by Gasteiger charge is 2.12. The van der Waals surface area contributed by atoms with Crippen molar-refractivity contribution in [2.45, 2.75) is 6.54 Å². The molecule has 0 spiro atoms. The van der Waals surface area contributed by atoms with E-state index >= 15 is 0 Å². The lowest BCUT2D eigenvalue weighted by molar-refractivity contribution is 0.430. The van der Waals surface area contributed by atoms with Crippen LogP contribution in [0.5, 0.6) is 0 Å². The Labute approximate surface area is 108 Å². The predicted molar refractivity (Wildman–Crippen MR) is 66.4 cm³/mol. The quantitative estimate of drug-likeness (QED) is 0.744. The summed E-state index contributed by atoms with van der Waals surface area (Å²) in [5.74, 6) is 1.07. The van der Waals surface area contributed by atoms with Crippen LogP contribution in [0.25, 0.3) is 23.2 Å². The van der Waals surface area contributed by atoms with Crippen molar-refractivity contribution in [3.63, 3.8) is 0 Å². The predicted octanol–water partition coefficient (Wildman–Crippen LogP) is 1.05. The van der Waals surface area contributed by atoms with E-state index in [1.807, 2.05) is 6.07 Å². The van der Waals surface area contributed by atoms with Crippen molar-refractivity contribution in [2.24, 2.45) is 5.73 Å². The van der Waals surface area contributed by atoms with E-state index < -0.39 is 0 Å². The summed E-state index contributed by atoms with van der Waals surface area (Å²) in [6, 6.07) is 5.37. The Morgan fingerprint density at radius 2 is 1.89 bits per heavy atom. The molecular weight excluding hydrogens is 244 g/mol. The number of rotatable bonds is 3. The van der Waals surface area contributed by atoms with Crippen LogP contribution in [-0.4, -0.2) is 25.1 Å². The van der Waals surface area contributed by atoms with Gasteiger partial charge in [0, 0.05) is 25.1 Å². The molecule has 0 amide bonds. The fourth-order valence-electron chi connectivity index (χ4n) is 1.50. The Bertz CT molecular complexity index is 664. The minimum Gasteiger partial charge on any atom is -0.332 e. The third kappa shape index (κ3) is 2.31. The molecule has 0 bridgehead atoms. The maximum absolute atomic E-state index is 5.51. The Balaban J connectivity index is 1.92. The summed E-state index contributed by atoms with van der Waals surface area (Å²) in [5.41, 5.74) is 7.04.